The number of nitrogens with one attached hydrogen (secondary N) is 1. The molecule has 2 heteroatoms. The van der Waals surface area contributed by atoms with Gasteiger partial charge in [0.1, 0.15) is 5.82 Å². The van der Waals surface area contributed by atoms with Gasteiger partial charge in [-0.15, -0.1) is 0 Å². The van der Waals surface area contributed by atoms with Crippen LogP contribution < -0.4 is 5.32 Å². The van der Waals surface area contributed by atoms with Crippen LogP contribution in [0.2, 0.25) is 0 Å². The lowest BCUT2D eigenvalue weighted by Gasteiger charge is -2.23. The third-order valence-electron chi connectivity index (χ3n) is 3.29. The molecule has 0 amide bonds. The van der Waals surface area contributed by atoms with Crippen molar-refractivity contribution < 1.29 is 4.39 Å². The van der Waals surface area contributed by atoms with Gasteiger partial charge in [-0.3, -0.25) is 0 Å². The molecule has 0 spiro atoms. The fourth-order valence-electron chi connectivity index (χ4n) is 2.40. The summed E-state index contributed by atoms with van der Waals surface area (Å²) >= 11 is 0. The Morgan fingerprint density at radius 1 is 1.41 bits per heavy atom. The van der Waals surface area contributed by atoms with E-state index in [0.29, 0.717) is 11.6 Å². The number of benzene rings is 1. The first-order valence-corrected chi connectivity index (χ1v) is 6.41. The zero-order chi connectivity index (χ0) is 12.1. The van der Waals surface area contributed by atoms with E-state index in [1.165, 1.54) is 30.9 Å². The van der Waals surface area contributed by atoms with Gasteiger partial charge in [0.05, 0.1) is 0 Å². The number of halogens is 1. The van der Waals surface area contributed by atoms with E-state index in [4.69, 9.17) is 0 Å². The van der Waals surface area contributed by atoms with Crippen LogP contribution in [-0.4, -0.2) is 12.6 Å². The van der Waals surface area contributed by atoms with Crippen molar-refractivity contribution in [3.05, 3.63) is 41.2 Å². The summed E-state index contributed by atoms with van der Waals surface area (Å²) in [7, 11) is 0. The molecule has 1 aromatic rings. The second-order valence-corrected chi connectivity index (χ2v) is 4.86. The Bertz CT molecular complexity index is 392. The molecule has 92 valence electrons. The molecule has 1 aliphatic heterocycles. The molecule has 1 N–H and O–H groups in total. The predicted octanol–water partition coefficient (Wildman–Crippen LogP) is 3.76. The summed E-state index contributed by atoms with van der Waals surface area (Å²) < 4.78 is 13.5. The Labute approximate surface area is 103 Å². The minimum Gasteiger partial charge on any atom is -0.314 e. The van der Waals surface area contributed by atoms with Crippen LogP contribution in [0.25, 0.3) is 6.08 Å². The van der Waals surface area contributed by atoms with Gasteiger partial charge in [0.15, 0.2) is 0 Å². The van der Waals surface area contributed by atoms with Gasteiger partial charge in [-0.25, -0.2) is 4.39 Å². The second kappa shape index (κ2) is 5.97. The van der Waals surface area contributed by atoms with E-state index in [1.807, 2.05) is 18.2 Å². The van der Waals surface area contributed by atoms with Crippen LogP contribution in [-0.2, 0) is 0 Å². The van der Waals surface area contributed by atoms with Crippen LogP contribution in [0.15, 0.2) is 29.8 Å². The van der Waals surface area contributed by atoms with Gasteiger partial charge in [-0.05, 0) is 38.8 Å². The molecule has 1 saturated heterocycles. The van der Waals surface area contributed by atoms with Gasteiger partial charge in [0, 0.05) is 11.6 Å². The molecule has 0 radical (unpaired) electrons. The lowest BCUT2D eigenvalue weighted by atomic mass is 9.97. The monoisotopic (exact) mass is 233 g/mol. The third kappa shape index (κ3) is 3.67. The predicted molar refractivity (Wildman–Crippen MR) is 70.3 cm³/mol. The highest BCUT2D eigenvalue weighted by atomic mass is 19.1. The van der Waals surface area contributed by atoms with Crippen molar-refractivity contribution in [3.63, 3.8) is 0 Å². The number of piperidine rings is 1. The molecule has 1 atom stereocenters. The van der Waals surface area contributed by atoms with Crippen LogP contribution in [0, 0.1) is 5.82 Å². The summed E-state index contributed by atoms with van der Waals surface area (Å²) in [4.78, 5) is 0. The van der Waals surface area contributed by atoms with Crippen molar-refractivity contribution in [2.24, 2.45) is 0 Å². The molecule has 2 rings (SSSR count). The fourth-order valence-corrected chi connectivity index (χ4v) is 2.40. The smallest absolute Gasteiger partial charge is 0.130 e. The summed E-state index contributed by atoms with van der Waals surface area (Å²) in [6, 6.07) is 7.52. The first kappa shape index (κ1) is 12.3. The Balaban J connectivity index is 1.99. The molecule has 17 heavy (non-hydrogen) atoms. The lowest BCUT2D eigenvalue weighted by Crippen LogP contribution is -2.33. The maximum absolute atomic E-state index is 13.5. The molecule has 1 nitrogen and oxygen atoms in total. The molecule has 1 aliphatic rings. The molecular weight excluding hydrogens is 213 g/mol. The van der Waals surface area contributed by atoms with E-state index in [0.717, 1.165) is 13.0 Å². The summed E-state index contributed by atoms with van der Waals surface area (Å²) in [6.07, 6.45) is 6.82. The van der Waals surface area contributed by atoms with Crippen molar-refractivity contribution in [1.82, 2.24) is 5.32 Å². The van der Waals surface area contributed by atoms with Gasteiger partial charge >= 0.3 is 0 Å². The fraction of sp³-hybridized carbons (Fsp3) is 0.467. The average molecular weight is 233 g/mol. The molecule has 0 bridgehead atoms. The Morgan fingerprint density at radius 2 is 2.24 bits per heavy atom. The zero-order valence-electron chi connectivity index (χ0n) is 10.4. The van der Waals surface area contributed by atoms with Gasteiger partial charge < -0.3 is 5.32 Å². The van der Waals surface area contributed by atoms with E-state index in [1.54, 1.807) is 6.07 Å². The van der Waals surface area contributed by atoms with Crippen molar-refractivity contribution >= 4 is 6.08 Å². The standard InChI is InChI=1S/C15H20FN/c1-12(11-14-7-4-5-9-17-14)10-13-6-2-3-8-15(13)16/h2-3,6,8,10,14,17H,4-5,7,9,11H2,1H3/b12-10-. The van der Waals surface area contributed by atoms with Crippen LogP contribution in [0.5, 0.6) is 0 Å². The molecule has 0 aliphatic carbocycles. The number of hydrogen-bond donors (Lipinski definition) is 1. The maximum atomic E-state index is 13.5. The van der Waals surface area contributed by atoms with Crippen LogP contribution >= 0.6 is 0 Å². The van der Waals surface area contributed by atoms with E-state index < -0.39 is 0 Å². The topological polar surface area (TPSA) is 12.0 Å². The van der Waals surface area contributed by atoms with Crippen molar-refractivity contribution in [1.29, 1.82) is 0 Å². The molecule has 0 aromatic heterocycles. The van der Waals surface area contributed by atoms with Gasteiger partial charge in [0.25, 0.3) is 0 Å². The van der Waals surface area contributed by atoms with Gasteiger partial charge in [0.2, 0.25) is 0 Å². The zero-order valence-corrected chi connectivity index (χ0v) is 10.4. The molecule has 0 saturated carbocycles. The highest BCUT2D eigenvalue weighted by Gasteiger charge is 2.12. The van der Waals surface area contributed by atoms with Gasteiger partial charge in [-0.1, -0.05) is 36.3 Å². The normalized spacial score (nSPS) is 21.5. The molecule has 1 fully saturated rings. The summed E-state index contributed by atoms with van der Waals surface area (Å²) in [5, 5.41) is 3.52. The minimum absolute atomic E-state index is 0.136. The first-order valence-electron chi connectivity index (χ1n) is 6.41. The number of rotatable bonds is 3. The maximum Gasteiger partial charge on any atom is 0.130 e. The average Bonchev–Trinajstić information content (AvgIpc) is 2.33. The van der Waals surface area contributed by atoms with Crippen LogP contribution in [0.4, 0.5) is 4.39 Å². The number of hydrogen-bond acceptors (Lipinski definition) is 1. The minimum atomic E-state index is -0.136. The molecule has 1 heterocycles. The summed E-state index contributed by atoms with van der Waals surface area (Å²) in [5.74, 6) is -0.136. The van der Waals surface area contributed by atoms with Crippen molar-refractivity contribution in [3.8, 4) is 0 Å². The Kier molecular flexibility index (Phi) is 4.32. The van der Waals surface area contributed by atoms with Crippen LogP contribution in [0.1, 0.15) is 38.2 Å². The van der Waals surface area contributed by atoms with E-state index in [2.05, 4.69) is 12.2 Å². The Hall–Kier alpha value is -1.15. The van der Waals surface area contributed by atoms with Crippen molar-refractivity contribution in [2.75, 3.05) is 6.54 Å². The van der Waals surface area contributed by atoms with Crippen LogP contribution in [0.3, 0.4) is 0 Å². The highest BCUT2D eigenvalue weighted by Crippen LogP contribution is 2.18. The van der Waals surface area contributed by atoms with E-state index >= 15 is 0 Å². The second-order valence-electron chi connectivity index (χ2n) is 4.86. The lowest BCUT2D eigenvalue weighted by molar-refractivity contribution is 0.399. The Morgan fingerprint density at radius 3 is 2.94 bits per heavy atom. The summed E-state index contributed by atoms with van der Waals surface area (Å²) in [5.41, 5.74) is 1.94. The third-order valence-corrected chi connectivity index (χ3v) is 3.29. The van der Waals surface area contributed by atoms with Crippen molar-refractivity contribution in [2.45, 2.75) is 38.6 Å². The molecule has 1 aromatic carbocycles. The quantitative estimate of drug-likeness (QED) is 0.838. The first-order chi connectivity index (χ1) is 8.25. The van der Waals surface area contributed by atoms with E-state index in [-0.39, 0.29) is 5.82 Å². The largest absolute Gasteiger partial charge is 0.314 e. The SMILES string of the molecule is C/C(=C/c1ccccc1F)CC1CCCCN1. The van der Waals surface area contributed by atoms with E-state index in [9.17, 15) is 4.39 Å². The molecule has 1 unspecified atom stereocenters. The molecular formula is C15H20FN. The summed E-state index contributed by atoms with van der Waals surface area (Å²) in [6.45, 7) is 3.21. The highest BCUT2D eigenvalue weighted by molar-refractivity contribution is 5.52. The van der Waals surface area contributed by atoms with Gasteiger partial charge in [-0.2, -0.15) is 0 Å².